The Hall–Kier alpha value is -2.65. The van der Waals surface area contributed by atoms with Crippen LogP contribution in [0.2, 0.25) is 0 Å². The van der Waals surface area contributed by atoms with Gasteiger partial charge in [-0.25, -0.2) is 9.59 Å². The number of aliphatic hydroxyl groups excluding tert-OH is 4. The number of aromatic nitrogens is 4. The molecule has 9 N–H and O–H groups in total. The molecule has 2 aliphatic rings. The van der Waals surface area contributed by atoms with Crippen LogP contribution >= 0.6 is 8.38 Å². The number of anilines is 2. The number of aliphatic hydroxyl groups is 4. The lowest BCUT2D eigenvalue weighted by molar-refractivity contribution is -0.333. The number of nitrogens with two attached hydrogens (primary N) is 2. The summed E-state index contributed by atoms with van der Waals surface area (Å²) in [7, 11) is 0.497. The number of hydrogen-bond donors (Lipinski definition) is 7. The molecule has 0 amide bonds. The summed E-state index contributed by atoms with van der Waals surface area (Å²) in [6, 6.07) is 2.82. The van der Waals surface area contributed by atoms with Gasteiger partial charge in [0.05, 0.1) is 6.61 Å². The standard InChI is InChI=1S/C10H16N3O8P.C10H15N3O5/c1-18-7-6(15)9(20-21-22(17)4-14)19-8(7)13-3-2-5(11)12-10(13)16;1-17-8-7(15)5(4-14)18-9(8)13-3-2-6(11)12-10(13)16/h2-3,6-9,14-15,17H,4H2,1H3,(H2,11,12,16);2-3,5,7-9,14-15H,4H2,1H3,(H2,11,12,16)/t6-,7?,8-,9-,22?;5-,7+,8?,9-/m11/s1. The van der Waals surface area contributed by atoms with E-state index in [9.17, 15) is 19.8 Å². The molecule has 0 saturated carbocycles. The highest BCUT2D eigenvalue weighted by Gasteiger charge is 2.47. The van der Waals surface area contributed by atoms with Gasteiger partial charge in [0.15, 0.2) is 12.5 Å². The van der Waals surface area contributed by atoms with Crippen LogP contribution in [0.4, 0.5) is 11.6 Å². The van der Waals surface area contributed by atoms with Gasteiger partial charge in [-0.2, -0.15) is 19.5 Å². The van der Waals surface area contributed by atoms with Crippen LogP contribution in [0.5, 0.6) is 0 Å². The van der Waals surface area contributed by atoms with E-state index < -0.39 is 75.4 Å². The molecule has 2 fully saturated rings. The van der Waals surface area contributed by atoms with E-state index in [1.807, 2.05) is 0 Å². The van der Waals surface area contributed by atoms with Gasteiger partial charge in [-0.05, 0) is 12.1 Å². The summed E-state index contributed by atoms with van der Waals surface area (Å²) in [6.45, 7) is -0.366. The van der Waals surface area contributed by atoms with Gasteiger partial charge in [0.25, 0.3) is 0 Å². The molecular weight excluding hydrogens is 563 g/mol. The van der Waals surface area contributed by atoms with Crippen LogP contribution < -0.4 is 22.8 Å². The fourth-order valence-electron chi connectivity index (χ4n) is 3.88. The maximum atomic E-state index is 11.8. The van der Waals surface area contributed by atoms with E-state index in [1.165, 1.54) is 43.3 Å². The first-order valence-electron chi connectivity index (χ1n) is 11.5. The minimum absolute atomic E-state index is 0.0405. The van der Waals surface area contributed by atoms with E-state index >= 15 is 0 Å². The lowest BCUT2D eigenvalue weighted by Crippen LogP contribution is -2.37. The van der Waals surface area contributed by atoms with Crippen molar-refractivity contribution in [1.29, 1.82) is 0 Å². The van der Waals surface area contributed by atoms with Gasteiger partial charge in [-0.3, -0.25) is 9.13 Å². The number of nitrogens with zero attached hydrogens (tertiary/aromatic N) is 4. The molecule has 0 radical (unpaired) electrons. The van der Waals surface area contributed by atoms with Gasteiger partial charge in [0, 0.05) is 26.6 Å². The molecule has 224 valence electrons. The van der Waals surface area contributed by atoms with E-state index in [1.54, 1.807) is 0 Å². The third-order valence-corrected chi connectivity index (χ3v) is 6.30. The Bertz CT molecular complexity index is 1220. The first-order chi connectivity index (χ1) is 19.1. The van der Waals surface area contributed by atoms with Crippen molar-refractivity contribution in [2.24, 2.45) is 0 Å². The normalized spacial score (nSPS) is 30.6. The molecule has 2 aliphatic heterocycles. The van der Waals surface area contributed by atoms with Gasteiger partial charge in [-0.15, -0.1) is 0 Å². The Balaban J connectivity index is 0.000000225. The van der Waals surface area contributed by atoms with E-state index in [0.29, 0.717) is 0 Å². The molecule has 0 bridgehead atoms. The van der Waals surface area contributed by atoms with Crippen molar-refractivity contribution < 1.29 is 53.8 Å². The summed E-state index contributed by atoms with van der Waals surface area (Å²) in [4.78, 5) is 44.5. The number of rotatable bonds is 9. The molecule has 0 spiro atoms. The number of methoxy groups -OCH3 is 2. The van der Waals surface area contributed by atoms with Crippen LogP contribution in [0.25, 0.3) is 0 Å². The molecule has 0 aromatic carbocycles. The molecule has 9 atom stereocenters. The molecule has 40 heavy (non-hydrogen) atoms. The van der Waals surface area contributed by atoms with Crippen molar-refractivity contribution in [3.63, 3.8) is 0 Å². The number of ether oxygens (including phenoxy) is 4. The average molecular weight is 594 g/mol. The summed E-state index contributed by atoms with van der Waals surface area (Å²) < 4.78 is 27.7. The molecule has 2 aromatic rings. The second-order valence-electron chi connectivity index (χ2n) is 8.27. The third-order valence-electron chi connectivity index (χ3n) is 5.80. The zero-order valence-corrected chi connectivity index (χ0v) is 22.1. The van der Waals surface area contributed by atoms with E-state index in [2.05, 4.69) is 14.6 Å². The predicted molar refractivity (Wildman–Crippen MR) is 133 cm³/mol. The second kappa shape index (κ2) is 14.3. The summed E-state index contributed by atoms with van der Waals surface area (Å²) in [5, 5.41) is 37.6. The van der Waals surface area contributed by atoms with Crippen molar-refractivity contribution in [3.8, 4) is 0 Å². The van der Waals surface area contributed by atoms with Crippen molar-refractivity contribution in [1.82, 2.24) is 19.1 Å². The van der Waals surface area contributed by atoms with E-state index in [0.717, 1.165) is 4.57 Å². The molecule has 2 aromatic heterocycles. The minimum atomic E-state index is -2.21. The quantitative estimate of drug-likeness (QED) is 0.0837. The Morgan fingerprint density at radius 1 is 0.925 bits per heavy atom. The van der Waals surface area contributed by atoms with Crippen LogP contribution in [0.15, 0.2) is 34.1 Å². The summed E-state index contributed by atoms with van der Waals surface area (Å²) >= 11 is 0. The Kier molecular flexibility index (Phi) is 11.4. The fourth-order valence-corrected chi connectivity index (χ4v) is 4.11. The highest BCUT2D eigenvalue weighted by Crippen LogP contribution is 2.36. The van der Waals surface area contributed by atoms with Crippen molar-refractivity contribution >= 4 is 20.0 Å². The Morgan fingerprint density at radius 2 is 1.43 bits per heavy atom. The average Bonchev–Trinajstić information content (AvgIpc) is 3.42. The maximum Gasteiger partial charge on any atom is 0.351 e. The predicted octanol–water partition coefficient (Wildman–Crippen LogP) is -3.65. The molecule has 3 unspecified atom stereocenters. The van der Waals surface area contributed by atoms with E-state index in [-0.39, 0.29) is 18.2 Å². The largest absolute Gasteiger partial charge is 0.394 e. The smallest absolute Gasteiger partial charge is 0.351 e. The Labute approximate surface area is 226 Å². The van der Waals surface area contributed by atoms with Gasteiger partial charge in [-0.1, -0.05) is 0 Å². The highest BCUT2D eigenvalue weighted by atomic mass is 31.2. The first-order valence-corrected chi connectivity index (χ1v) is 12.9. The zero-order chi connectivity index (χ0) is 29.6. The molecule has 2 saturated heterocycles. The Morgan fingerprint density at radius 3 is 1.88 bits per heavy atom. The fraction of sp³-hybridized carbons (Fsp3) is 0.600. The highest BCUT2D eigenvalue weighted by molar-refractivity contribution is 7.45. The lowest BCUT2D eigenvalue weighted by atomic mass is 10.1. The van der Waals surface area contributed by atoms with Gasteiger partial charge < -0.3 is 55.7 Å². The molecule has 19 nitrogen and oxygen atoms in total. The zero-order valence-electron chi connectivity index (χ0n) is 21.2. The van der Waals surface area contributed by atoms with Crippen molar-refractivity contribution in [3.05, 3.63) is 45.5 Å². The summed E-state index contributed by atoms with van der Waals surface area (Å²) in [6.07, 6.45) is -5.94. The second-order valence-corrected chi connectivity index (χ2v) is 9.41. The maximum absolute atomic E-state index is 11.8. The van der Waals surface area contributed by atoms with Crippen LogP contribution in [-0.2, 0) is 28.5 Å². The van der Waals surface area contributed by atoms with Crippen molar-refractivity contribution in [2.45, 2.75) is 49.3 Å². The van der Waals surface area contributed by atoms with Crippen LogP contribution in [0.1, 0.15) is 12.5 Å². The molecule has 0 aliphatic carbocycles. The summed E-state index contributed by atoms with van der Waals surface area (Å²) in [5.74, 6) is 0.140. The topological polar surface area (TPSA) is 278 Å². The number of hydrogen-bond acceptors (Lipinski definition) is 17. The van der Waals surface area contributed by atoms with Gasteiger partial charge in [0.1, 0.15) is 48.5 Å². The first kappa shape index (κ1) is 31.9. The van der Waals surface area contributed by atoms with Crippen molar-refractivity contribution in [2.75, 3.05) is 38.6 Å². The van der Waals surface area contributed by atoms with Crippen LogP contribution in [0, 0.1) is 0 Å². The summed E-state index contributed by atoms with van der Waals surface area (Å²) in [5.41, 5.74) is 9.49. The minimum Gasteiger partial charge on any atom is -0.394 e. The monoisotopic (exact) mass is 594 g/mol. The molecule has 20 heteroatoms. The molecule has 4 heterocycles. The van der Waals surface area contributed by atoms with Crippen LogP contribution in [-0.4, -0.2) is 108 Å². The van der Waals surface area contributed by atoms with Gasteiger partial charge in [0.2, 0.25) is 14.7 Å². The molecular formula is C20H31N6O13P. The lowest BCUT2D eigenvalue weighted by Gasteiger charge is -2.20. The molecule has 4 rings (SSSR count). The number of nitrogen functional groups attached to an aromatic ring is 2. The van der Waals surface area contributed by atoms with Crippen LogP contribution in [0.3, 0.4) is 0 Å². The third kappa shape index (κ3) is 7.16. The SMILES string of the molecule is COC1[C@@H](O)[C@@H](CO)O[C@H]1n1ccc(N)nc1=O.COC1[C@@H](O)[C@@H](OOP(O)CO)O[C@H]1n1ccc(N)nc1=O. The van der Waals surface area contributed by atoms with E-state index in [4.69, 9.17) is 50.4 Å². The van der Waals surface area contributed by atoms with Gasteiger partial charge >= 0.3 is 11.4 Å².